The minimum Gasteiger partial charge on any atom is -0.333 e. The number of carbonyl (C=O) groups is 1. The molecule has 5 aromatic rings. The Kier molecular flexibility index (Phi) is 5.69. The van der Waals surface area contributed by atoms with E-state index >= 15 is 0 Å². The van der Waals surface area contributed by atoms with Crippen molar-refractivity contribution >= 4 is 28.8 Å². The van der Waals surface area contributed by atoms with Crippen molar-refractivity contribution in [3.8, 4) is 22.8 Å². The molecule has 0 aliphatic rings. The van der Waals surface area contributed by atoms with Gasteiger partial charge in [0, 0.05) is 29.0 Å². The average Bonchev–Trinajstić information content (AvgIpc) is 3.46. The Balaban J connectivity index is 1.48. The van der Waals surface area contributed by atoms with Gasteiger partial charge in [-0.25, -0.2) is 13.9 Å². The van der Waals surface area contributed by atoms with Crippen molar-refractivity contribution in [3.63, 3.8) is 0 Å². The van der Waals surface area contributed by atoms with Crippen LogP contribution in [0, 0.1) is 0 Å². The van der Waals surface area contributed by atoms with Gasteiger partial charge in [0.25, 0.3) is 5.89 Å². The molecule has 0 aliphatic carbocycles. The van der Waals surface area contributed by atoms with Crippen LogP contribution in [0.2, 0.25) is 5.02 Å². The fraction of sp³-hybridized carbons (Fsp3) is 0.125. The van der Waals surface area contributed by atoms with Gasteiger partial charge in [-0.15, -0.1) is 5.10 Å². The summed E-state index contributed by atoms with van der Waals surface area (Å²) >= 11 is 5.95. The first-order valence-corrected chi connectivity index (χ1v) is 11.0. The largest absolute Gasteiger partial charge is 0.350 e. The van der Waals surface area contributed by atoms with E-state index in [-0.39, 0.29) is 18.3 Å². The molecule has 0 bridgehead atoms. The highest BCUT2D eigenvalue weighted by molar-refractivity contribution is 6.30. The minimum atomic E-state index is -0.438. The van der Waals surface area contributed by atoms with Gasteiger partial charge in [-0.2, -0.15) is 4.98 Å². The van der Waals surface area contributed by atoms with Crippen molar-refractivity contribution in [2.45, 2.75) is 13.5 Å². The Morgan fingerprint density at radius 3 is 2.56 bits per heavy atom. The monoisotopic (exact) mass is 474 g/mol. The summed E-state index contributed by atoms with van der Waals surface area (Å²) in [5.41, 5.74) is 1.85. The fourth-order valence-corrected chi connectivity index (χ4v) is 3.81. The number of carbonyl (C=O) groups excluding carboxylic acids is 1. The van der Waals surface area contributed by atoms with E-state index in [2.05, 4.69) is 15.2 Å². The van der Waals surface area contributed by atoms with E-state index in [1.165, 1.54) is 4.40 Å². The molecule has 3 heterocycles. The second kappa shape index (κ2) is 8.95. The number of halogens is 1. The molecule has 0 atom stereocenters. The maximum Gasteiger partial charge on any atom is 0.350 e. The fourth-order valence-electron chi connectivity index (χ4n) is 3.68. The lowest BCUT2D eigenvalue weighted by atomic mass is 10.2. The zero-order chi connectivity index (χ0) is 23.7. The summed E-state index contributed by atoms with van der Waals surface area (Å²) in [6.07, 6.45) is 1.58. The summed E-state index contributed by atoms with van der Waals surface area (Å²) in [5.74, 6) is 0.342. The smallest absolute Gasteiger partial charge is 0.333 e. The molecule has 9 nitrogen and oxygen atoms in total. The molecule has 0 radical (unpaired) electrons. The Hall–Kier alpha value is -4.24. The first-order valence-electron chi connectivity index (χ1n) is 10.6. The van der Waals surface area contributed by atoms with Gasteiger partial charge in [0.2, 0.25) is 11.7 Å². The molecule has 0 fully saturated rings. The Labute approximate surface area is 198 Å². The third kappa shape index (κ3) is 3.97. The number of hydrogen-bond donors (Lipinski definition) is 0. The first-order chi connectivity index (χ1) is 16.5. The topological polar surface area (TPSA) is 98.5 Å². The van der Waals surface area contributed by atoms with Crippen molar-refractivity contribution in [1.82, 2.24) is 24.3 Å². The average molecular weight is 475 g/mol. The van der Waals surface area contributed by atoms with Gasteiger partial charge in [-0.1, -0.05) is 35.0 Å². The van der Waals surface area contributed by atoms with Crippen LogP contribution in [0.15, 0.2) is 82.2 Å². The highest BCUT2D eigenvalue weighted by atomic mass is 35.5. The zero-order valence-corrected chi connectivity index (χ0v) is 18.9. The maximum absolute atomic E-state index is 13.0. The number of hydrogen-bond acceptors (Lipinski definition) is 6. The van der Waals surface area contributed by atoms with Crippen molar-refractivity contribution in [2.24, 2.45) is 0 Å². The molecule has 1 amide bonds. The molecular formula is C24H19ClN6O3. The molecule has 5 rings (SSSR count). The summed E-state index contributed by atoms with van der Waals surface area (Å²) in [7, 11) is 0. The first kappa shape index (κ1) is 21.6. The summed E-state index contributed by atoms with van der Waals surface area (Å²) in [6, 6.07) is 19.8. The van der Waals surface area contributed by atoms with Gasteiger partial charge in [-0.05, 0) is 55.5 Å². The van der Waals surface area contributed by atoms with Crippen LogP contribution in [-0.4, -0.2) is 36.8 Å². The number of pyridine rings is 1. The van der Waals surface area contributed by atoms with Crippen LogP contribution in [0.3, 0.4) is 0 Å². The highest BCUT2D eigenvalue weighted by Crippen LogP contribution is 2.25. The van der Waals surface area contributed by atoms with E-state index in [0.29, 0.717) is 28.6 Å². The second-order valence-corrected chi connectivity index (χ2v) is 7.90. The summed E-state index contributed by atoms with van der Waals surface area (Å²) in [5, 5.41) is 9.04. The van der Waals surface area contributed by atoms with Crippen LogP contribution in [-0.2, 0) is 11.3 Å². The highest BCUT2D eigenvalue weighted by Gasteiger charge is 2.20. The summed E-state index contributed by atoms with van der Waals surface area (Å²) in [6.45, 7) is 2.14. The lowest BCUT2D eigenvalue weighted by Gasteiger charge is -2.20. The molecule has 0 N–H and O–H groups in total. The Morgan fingerprint density at radius 1 is 1.06 bits per heavy atom. The number of para-hydroxylation sites is 1. The van der Waals surface area contributed by atoms with Crippen LogP contribution in [0.25, 0.3) is 28.5 Å². The quantitative estimate of drug-likeness (QED) is 0.370. The minimum absolute atomic E-state index is 0.206. The molecule has 170 valence electrons. The number of anilines is 1. The van der Waals surface area contributed by atoms with Crippen LogP contribution in [0.1, 0.15) is 6.92 Å². The number of aromatic nitrogens is 5. The molecule has 0 spiro atoms. The predicted molar refractivity (Wildman–Crippen MR) is 128 cm³/mol. The summed E-state index contributed by atoms with van der Waals surface area (Å²) < 4.78 is 7.95. The van der Waals surface area contributed by atoms with Gasteiger partial charge in [0.1, 0.15) is 6.54 Å². The van der Waals surface area contributed by atoms with E-state index in [4.69, 9.17) is 16.1 Å². The van der Waals surface area contributed by atoms with E-state index in [1.54, 1.807) is 47.5 Å². The third-order valence-electron chi connectivity index (χ3n) is 5.34. The number of rotatable bonds is 6. The number of likely N-dealkylation sites (N-methyl/N-ethyl adjacent to an activating group) is 1. The third-order valence-corrected chi connectivity index (χ3v) is 5.59. The van der Waals surface area contributed by atoms with Crippen LogP contribution >= 0.6 is 11.6 Å². The Morgan fingerprint density at radius 2 is 1.82 bits per heavy atom. The van der Waals surface area contributed by atoms with Gasteiger partial charge in [0.15, 0.2) is 5.65 Å². The van der Waals surface area contributed by atoms with E-state index in [0.717, 1.165) is 15.9 Å². The van der Waals surface area contributed by atoms with Crippen molar-refractivity contribution < 1.29 is 9.32 Å². The number of nitrogens with zero attached hydrogens (tertiary/aromatic N) is 6. The van der Waals surface area contributed by atoms with Crippen molar-refractivity contribution in [3.05, 3.63) is 88.4 Å². The van der Waals surface area contributed by atoms with Crippen LogP contribution in [0.4, 0.5) is 5.69 Å². The van der Waals surface area contributed by atoms with Crippen molar-refractivity contribution in [2.75, 3.05) is 11.4 Å². The van der Waals surface area contributed by atoms with Crippen LogP contribution < -0.4 is 10.6 Å². The predicted octanol–water partition coefficient (Wildman–Crippen LogP) is 3.92. The van der Waals surface area contributed by atoms with E-state index in [9.17, 15) is 9.59 Å². The number of amides is 1. The molecule has 0 unspecified atom stereocenters. The molecule has 3 aromatic heterocycles. The zero-order valence-electron chi connectivity index (χ0n) is 18.1. The van der Waals surface area contributed by atoms with Gasteiger partial charge in [-0.3, -0.25) is 4.79 Å². The SMILES string of the molecule is CCN(C(=O)Cn1nc2c(-c3nc(-c4ccc(Cl)cc4)no3)cccn2c1=O)c1ccccc1. The summed E-state index contributed by atoms with van der Waals surface area (Å²) in [4.78, 5) is 32.0. The van der Waals surface area contributed by atoms with Crippen LogP contribution in [0.5, 0.6) is 0 Å². The lowest BCUT2D eigenvalue weighted by molar-refractivity contribution is -0.119. The molecule has 0 saturated heterocycles. The van der Waals surface area contributed by atoms with Gasteiger partial charge >= 0.3 is 5.69 Å². The molecule has 34 heavy (non-hydrogen) atoms. The van der Waals surface area contributed by atoms with Crippen molar-refractivity contribution in [1.29, 1.82) is 0 Å². The number of fused-ring (bicyclic) bond motifs is 1. The Bertz CT molecular complexity index is 1520. The van der Waals surface area contributed by atoms with E-state index in [1.807, 2.05) is 37.3 Å². The van der Waals surface area contributed by atoms with Gasteiger partial charge < -0.3 is 9.42 Å². The molecule has 2 aromatic carbocycles. The molecule has 0 aliphatic heterocycles. The number of benzene rings is 2. The molecule has 10 heteroatoms. The molecular weight excluding hydrogens is 456 g/mol. The lowest BCUT2D eigenvalue weighted by Crippen LogP contribution is -2.36. The standard InChI is InChI=1S/C24H19ClN6O3/c1-2-29(18-7-4-3-5-8-18)20(32)15-31-24(33)30-14-6-9-19(22(30)27-31)23-26-21(28-34-23)16-10-12-17(25)13-11-16/h3-14H,2,15H2,1H3. The second-order valence-electron chi connectivity index (χ2n) is 7.46. The normalized spacial score (nSPS) is 11.1. The van der Waals surface area contributed by atoms with E-state index < -0.39 is 5.69 Å². The van der Waals surface area contributed by atoms with Gasteiger partial charge in [0.05, 0.1) is 5.56 Å². The molecule has 0 saturated carbocycles. The maximum atomic E-state index is 13.0.